The lowest BCUT2D eigenvalue weighted by Crippen LogP contribution is -2.44. The molecule has 0 spiro atoms. The van der Waals surface area contributed by atoms with Gasteiger partial charge in [0.15, 0.2) is 0 Å². The van der Waals surface area contributed by atoms with Crippen molar-refractivity contribution in [3.05, 3.63) is 30.1 Å². The molecule has 3 rings (SSSR count). The highest BCUT2D eigenvalue weighted by Gasteiger charge is 2.24. The Balaban J connectivity index is 1.56. The van der Waals surface area contributed by atoms with Crippen LogP contribution >= 0.6 is 0 Å². The Morgan fingerprint density at radius 1 is 1.36 bits per heavy atom. The number of aromatic nitrogens is 4. The van der Waals surface area contributed by atoms with E-state index in [1.165, 1.54) is 12.8 Å². The van der Waals surface area contributed by atoms with Gasteiger partial charge in [-0.15, -0.1) is 0 Å². The van der Waals surface area contributed by atoms with Gasteiger partial charge in [-0.05, 0) is 39.7 Å². The topological polar surface area (TPSA) is 68.0 Å². The number of hydrogen-bond acceptors (Lipinski definition) is 4. The Kier molecular flexibility index (Phi) is 5.53. The molecule has 3 heterocycles. The van der Waals surface area contributed by atoms with Gasteiger partial charge in [-0.25, -0.2) is 4.98 Å². The fraction of sp³-hybridized carbons (Fsp3) is 0.611. The van der Waals surface area contributed by atoms with Crippen LogP contribution in [0.3, 0.4) is 0 Å². The summed E-state index contributed by atoms with van der Waals surface area (Å²) in [5.41, 5.74) is 1.77. The van der Waals surface area contributed by atoms with E-state index in [4.69, 9.17) is 0 Å². The molecule has 7 heteroatoms. The summed E-state index contributed by atoms with van der Waals surface area (Å²) in [6.07, 6.45) is 10.2. The maximum absolute atomic E-state index is 12.5. The molecule has 0 bridgehead atoms. The molecule has 1 aliphatic heterocycles. The highest BCUT2D eigenvalue weighted by atomic mass is 16.2. The van der Waals surface area contributed by atoms with Crippen LogP contribution in [-0.2, 0) is 18.4 Å². The monoisotopic (exact) mass is 344 g/mol. The first kappa shape index (κ1) is 17.7. The summed E-state index contributed by atoms with van der Waals surface area (Å²) in [6.45, 7) is 6.38. The molecule has 1 saturated heterocycles. The molecule has 25 heavy (non-hydrogen) atoms. The predicted octanol–water partition coefficient (Wildman–Crippen LogP) is 2.12. The van der Waals surface area contributed by atoms with Gasteiger partial charge in [0.05, 0.1) is 24.1 Å². The number of carbonyl (C=O) groups is 1. The first-order valence-electron chi connectivity index (χ1n) is 9.05. The molecule has 2 aromatic heterocycles. The number of amides is 1. The quantitative estimate of drug-likeness (QED) is 0.871. The van der Waals surface area contributed by atoms with Gasteiger partial charge in [0.2, 0.25) is 5.91 Å². The number of likely N-dealkylation sites (tertiary alicyclic amines) is 1. The Morgan fingerprint density at radius 2 is 2.20 bits per heavy atom. The fourth-order valence-electron chi connectivity index (χ4n) is 3.52. The summed E-state index contributed by atoms with van der Waals surface area (Å²) >= 11 is 0. The number of piperidine rings is 1. The zero-order chi connectivity index (χ0) is 17.8. The predicted molar refractivity (Wildman–Crippen MR) is 97.4 cm³/mol. The number of rotatable bonds is 6. The van der Waals surface area contributed by atoms with Crippen LogP contribution < -0.4 is 5.32 Å². The highest BCUT2D eigenvalue weighted by Crippen LogP contribution is 2.21. The lowest BCUT2D eigenvalue weighted by Gasteiger charge is -2.35. The van der Waals surface area contributed by atoms with E-state index in [9.17, 15) is 4.79 Å². The lowest BCUT2D eigenvalue weighted by molar-refractivity contribution is -0.118. The summed E-state index contributed by atoms with van der Waals surface area (Å²) in [4.78, 5) is 19.1. The molecule has 136 valence electrons. The van der Waals surface area contributed by atoms with Crippen LogP contribution in [0, 0.1) is 13.8 Å². The first-order chi connectivity index (χ1) is 12.0. The molecule has 0 saturated carbocycles. The van der Waals surface area contributed by atoms with Gasteiger partial charge in [-0.1, -0.05) is 6.42 Å². The number of nitrogens with zero attached hydrogens (tertiary/aromatic N) is 5. The second kappa shape index (κ2) is 7.82. The van der Waals surface area contributed by atoms with E-state index in [2.05, 4.69) is 24.9 Å². The van der Waals surface area contributed by atoms with Gasteiger partial charge in [0.1, 0.15) is 5.82 Å². The summed E-state index contributed by atoms with van der Waals surface area (Å²) in [6, 6.07) is 0.455. The van der Waals surface area contributed by atoms with E-state index in [0.717, 1.165) is 43.1 Å². The van der Waals surface area contributed by atoms with Crippen molar-refractivity contribution in [1.82, 2.24) is 24.2 Å². The molecule has 0 aliphatic carbocycles. The zero-order valence-electron chi connectivity index (χ0n) is 15.4. The summed E-state index contributed by atoms with van der Waals surface area (Å²) in [5, 5.41) is 7.18. The lowest BCUT2D eigenvalue weighted by atomic mass is 9.99. The van der Waals surface area contributed by atoms with E-state index >= 15 is 0 Å². The number of hydrogen-bond donors (Lipinski definition) is 1. The van der Waals surface area contributed by atoms with Crippen molar-refractivity contribution in [3.8, 4) is 0 Å². The molecule has 1 aliphatic rings. The SMILES string of the molecule is Cc1nccn1CC[C@@H]1CCCCN1CC(=O)Nc1cnn(C)c1C. The molecule has 2 aromatic rings. The summed E-state index contributed by atoms with van der Waals surface area (Å²) in [7, 11) is 1.88. The van der Waals surface area contributed by atoms with Gasteiger partial charge in [-0.2, -0.15) is 5.10 Å². The van der Waals surface area contributed by atoms with Crippen LogP contribution in [0.4, 0.5) is 5.69 Å². The van der Waals surface area contributed by atoms with Crippen molar-refractivity contribution in [2.24, 2.45) is 7.05 Å². The van der Waals surface area contributed by atoms with Crippen molar-refractivity contribution in [1.29, 1.82) is 0 Å². The highest BCUT2D eigenvalue weighted by molar-refractivity contribution is 5.92. The second-order valence-electron chi connectivity index (χ2n) is 6.89. The van der Waals surface area contributed by atoms with E-state index in [1.807, 2.05) is 33.3 Å². The molecule has 7 nitrogen and oxygen atoms in total. The molecule has 1 atom stereocenters. The van der Waals surface area contributed by atoms with E-state index in [-0.39, 0.29) is 5.91 Å². The minimum atomic E-state index is 0.0433. The third kappa shape index (κ3) is 4.28. The smallest absolute Gasteiger partial charge is 0.238 e. The van der Waals surface area contributed by atoms with Crippen LogP contribution in [0.2, 0.25) is 0 Å². The normalized spacial score (nSPS) is 18.4. The third-order valence-electron chi connectivity index (χ3n) is 5.23. The average Bonchev–Trinajstić information content (AvgIpc) is 3.14. The molecular weight excluding hydrogens is 316 g/mol. The fourth-order valence-corrected chi connectivity index (χ4v) is 3.52. The number of anilines is 1. The van der Waals surface area contributed by atoms with Crippen LogP contribution in [0.5, 0.6) is 0 Å². The van der Waals surface area contributed by atoms with Crippen molar-refractivity contribution in [2.75, 3.05) is 18.4 Å². The standard InChI is InChI=1S/C18H28N6O/c1-14-17(12-20-22(14)3)21-18(25)13-24-9-5-4-6-16(24)7-10-23-11-8-19-15(23)2/h8,11-12,16H,4-7,9-10,13H2,1-3H3,(H,21,25)/t16-/m0/s1. The van der Waals surface area contributed by atoms with Crippen molar-refractivity contribution in [3.63, 3.8) is 0 Å². The number of nitrogens with one attached hydrogen (secondary N) is 1. The Labute approximate surface area is 149 Å². The van der Waals surface area contributed by atoms with Crippen LogP contribution in [0.15, 0.2) is 18.6 Å². The molecule has 1 N–H and O–H groups in total. The van der Waals surface area contributed by atoms with Crippen LogP contribution in [-0.4, -0.2) is 49.3 Å². The molecule has 0 aromatic carbocycles. The minimum Gasteiger partial charge on any atom is -0.335 e. The zero-order valence-corrected chi connectivity index (χ0v) is 15.4. The molecule has 0 unspecified atom stereocenters. The van der Waals surface area contributed by atoms with Crippen LogP contribution in [0.1, 0.15) is 37.2 Å². The van der Waals surface area contributed by atoms with E-state index in [0.29, 0.717) is 12.6 Å². The largest absolute Gasteiger partial charge is 0.335 e. The molecule has 0 radical (unpaired) electrons. The molecule has 1 amide bonds. The van der Waals surface area contributed by atoms with Gasteiger partial charge in [0, 0.05) is 32.0 Å². The molecular formula is C18H28N6O. The van der Waals surface area contributed by atoms with E-state index in [1.54, 1.807) is 10.9 Å². The van der Waals surface area contributed by atoms with Crippen LogP contribution in [0.25, 0.3) is 0 Å². The Morgan fingerprint density at radius 3 is 2.88 bits per heavy atom. The number of imidazole rings is 1. The maximum atomic E-state index is 12.5. The number of aryl methyl sites for hydroxylation is 3. The average molecular weight is 344 g/mol. The summed E-state index contributed by atoms with van der Waals surface area (Å²) < 4.78 is 3.96. The minimum absolute atomic E-state index is 0.0433. The molecule has 1 fully saturated rings. The second-order valence-corrected chi connectivity index (χ2v) is 6.89. The van der Waals surface area contributed by atoms with Crippen molar-refractivity contribution < 1.29 is 4.79 Å². The first-order valence-corrected chi connectivity index (χ1v) is 9.05. The van der Waals surface area contributed by atoms with Gasteiger partial charge in [-0.3, -0.25) is 14.4 Å². The maximum Gasteiger partial charge on any atom is 0.238 e. The van der Waals surface area contributed by atoms with E-state index < -0.39 is 0 Å². The Hall–Kier alpha value is -2.15. The number of carbonyl (C=O) groups excluding carboxylic acids is 1. The van der Waals surface area contributed by atoms with Gasteiger partial charge >= 0.3 is 0 Å². The summed E-state index contributed by atoms with van der Waals surface area (Å²) in [5.74, 6) is 1.09. The van der Waals surface area contributed by atoms with Gasteiger partial charge < -0.3 is 9.88 Å². The van der Waals surface area contributed by atoms with Crippen molar-refractivity contribution >= 4 is 11.6 Å². The van der Waals surface area contributed by atoms with Crippen molar-refractivity contribution in [2.45, 2.75) is 52.1 Å². The Bertz CT molecular complexity index is 719. The van der Waals surface area contributed by atoms with Gasteiger partial charge in [0.25, 0.3) is 0 Å². The third-order valence-corrected chi connectivity index (χ3v) is 5.23.